The van der Waals surface area contributed by atoms with E-state index >= 15 is 0 Å². The Labute approximate surface area is 161 Å². The van der Waals surface area contributed by atoms with E-state index in [-0.39, 0.29) is 16.4 Å². The maximum atomic E-state index is 12.6. The van der Waals surface area contributed by atoms with Gasteiger partial charge in [-0.15, -0.1) is 0 Å². The van der Waals surface area contributed by atoms with Gasteiger partial charge in [0, 0.05) is 30.8 Å². The molecule has 2 aromatic rings. The molecule has 1 N–H and O–H groups in total. The van der Waals surface area contributed by atoms with Crippen LogP contribution in [0.3, 0.4) is 0 Å². The van der Waals surface area contributed by atoms with Crippen molar-refractivity contribution in [3.8, 4) is 0 Å². The Morgan fingerprint density at radius 1 is 1.11 bits per heavy atom. The maximum Gasteiger partial charge on any atom is 0.271 e. The second-order valence-corrected chi connectivity index (χ2v) is 7.97. The first-order valence-corrected chi connectivity index (χ1v) is 10.3. The molecular formula is C20H25N3O3S. The lowest BCUT2D eigenvalue weighted by Gasteiger charge is -2.18. The third-order valence-corrected chi connectivity index (χ3v) is 6.27. The summed E-state index contributed by atoms with van der Waals surface area (Å²) < 4.78 is 26.5. The van der Waals surface area contributed by atoms with Crippen molar-refractivity contribution in [3.63, 3.8) is 0 Å². The highest BCUT2D eigenvalue weighted by Crippen LogP contribution is 2.17. The first-order chi connectivity index (χ1) is 12.9. The van der Waals surface area contributed by atoms with E-state index in [4.69, 9.17) is 0 Å². The van der Waals surface area contributed by atoms with Gasteiger partial charge in [-0.05, 0) is 23.8 Å². The third-order valence-electron chi connectivity index (χ3n) is 4.23. The van der Waals surface area contributed by atoms with Crippen LogP contribution in [0.25, 0.3) is 0 Å². The zero-order valence-corrected chi connectivity index (χ0v) is 16.6. The van der Waals surface area contributed by atoms with Gasteiger partial charge in [-0.1, -0.05) is 57.2 Å². The van der Waals surface area contributed by atoms with E-state index in [1.54, 1.807) is 32.2 Å². The molecule has 6 nitrogen and oxygen atoms in total. The van der Waals surface area contributed by atoms with E-state index in [1.165, 1.54) is 16.4 Å². The van der Waals surface area contributed by atoms with Gasteiger partial charge in [0.05, 0.1) is 4.90 Å². The Kier molecular flexibility index (Phi) is 7.27. The van der Waals surface area contributed by atoms with Crippen LogP contribution in [-0.2, 0) is 10.0 Å². The fourth-order valence-electron chi connectivity index (χ4n) is 2.63. The molecule has 2 rings (SSSR count). The minimum atomic E-state index is -3.61. The fraction of sp³-hybridized carbons (Fsp3) is 0.300. The first-order valence-electron chi connectivity index (χ1n) is 8.88. The molecule has 0 unspecified atom stereocenters. The summed E-state index contributed by atoms with van der Waals surface area (Å²) in [5, 5.41) is 4.00. The monoisotopic (exact) mass is 387 g/mol. The average Bonchev–Trinajstić information content (AvgIpc) is 2.69. The van der Waals surface area contributed by atoms with E-state index in [2.05, 4.69) is 10.5 Å². The van der Waals surface area contributed by atoms with Gasteiger partial charge in [-0.3, -0.25) is 4.79 Å². The van der Waals surface area contributed by atoms with Gasteiger partial charge in [0.25, 0.3) is 5.91 Å². The molecule has 144 valence electrons. The van der Waals surface area contributed by atoms with Gasteiger partial charge in [0.15, 0.2) is 0 Å². The maximum absolute atomic E-state index is 12.6. The molecule has 27 heavy (non-hydrogen) atoms. The standard InChI is InChI=1S/C20H25N3O3S/c1-4-23(5-2)27(25,26)19-13-9-12-18(14-19)20(24)22-21-15-16(3)17-10-7-6-8-11-17/h6-16H,4-5H2,1-3H3,(H,22,24)/b21-15-/t16-/m1/s1. The van der Waals surface area contributed by atoms with Crippen LogP contribution in [0.4, 0.5) is 0 Å². The zero-order chi connectivity index (χ0) is 19.9. The number of hydrazone groups is 1. The molecule has 0 radical (unpaired) electrons. The van der Waals surface area contributed by atoms with Crippen molar-refractivity contribution < 1.29 is 13.2 Å². The van der Waals surface area contributed by atoms with Crippen molar-refractivity contribution in [3.05, 3.63) is 65.7 Å². The molecule has 0 bridgehead atoms. The van der Waals surface area contributed by atoms with Crippen LogP contribution in [0.5, 0.6) is 0 Å². The van der Waals surface area contributed by atoms with Crippen LogP contribution in [-0.4, -0.2) is 37.9 Å². The van der Waals surface area contributed by atoms with Gasteiger partial charge >= 0.3 is 0 Å². The minimum absolute atomic E-state index is 0.0425. The molecule has 0 spiro atoms. The van der Waals surface area contributed by atoms with E-state index in [1.807, 2.05) is 37.3 Å². The van der Waals surface area contributed by atoms with Crippen molar-refractivity contribution >= 4 is 22.1 Å². The van der Waals surface area contributed by atoms with Gasteiger partial charge in [-0.25, -0.2) is 13.8 Å². The lowest BCUT2D eigenvalue weighted by atomic mass is 10.0. The van der Waals surface area contributed by atoms with Gasteiger partial charge < -0.3 is 0 Å². The Bertz CT molecular complexity index is 892. The quantitative estimate of drug-likeness (QED) is 0.558. The second kappa shape index (κ2) is 9.43. The lowest BCUT2D eigenvalue weighted by Crippen LogP contribution is -2.30. The van der Waals surface area contributed by atoms with Crippen LogP contribution >= 0.6 is 0 Å². The molecule has 1 atom stereocenters. The molecule has 0 aromatic heterocycles. The number of hydrogen-bond acceptors (Lipinski definition) is 4. The van der Waals surface area contributed by atoms with Crippen molar-refractivity contribution in [2.45, 2.75) is 31.6 Å². The number of nitrogens with one attached hydrogen (secondary N) is 1. The second-order valence-electron chi connectivity index (χ2n) is 6.04. The van der Waals surface area contributed by atoms with Crippen LogP contribution in [0.2, 0.25) is 0 Å². The summed E-state index contributed by atoms with van der Waals surface area (Å²) in [7, 11) is -3.61. The highest BCUT2D eigenvalue weighted by Gasteiger charge is 2.22. The summed E-state index contributed by atoms with van der Waals surface area (Å²) in [6.07, 6.45) is 1.64. The average molecular weight is 388 g/mol. The number of hydrogen-bond donors (Lipinski definition) is 1. The molecule has 0 aliphatic heterocycles. The number of carbonyl (C=O) groups is 1. The normalized spacial score (nSPS) is 13.0. The predicted molar refractivity (Wildman–Crippen MR) is 107 cm³/mol. The highest BCUT2D eigenvalue weighted by atomic mass is 32.2. The summed E-state index contributed by atoms with van der Waals surface area (Å²) >= 11 is 0. The Morgan fingerprint density at radius 2 is 1.78 bits per heavy atom. The first kappa shape index (κ1) is 20.8. The van der Waals surface area contributed by atoms with Gasteiger partial charge in [0.2, 0.25) is 10.0 Å². The highest BCUT2D eigenvalue weighted by molar-refractivity contribution is 7.89. The van der Waals surface area contributed by atoms with E-state index in [0.717, 1.165) is 5.56 Å². The molecule has 0 saturated heterocycles. The number of carbonyl (C=O) groups excluding carboxylic acids is 1. The smallest absolute Gasteiger partial charge is 0.267 e. The minimum Gasteiger partial charge on any atom is -0.267 e. The van der Waals surface area contributed by atoms with Crippen molar-refractivity contribution in [1.82, 2.24) is 9.73 Å². The summed E-state index contributed by atoms with van der Waals surface area (Å²) in [6, 6.07) is 15.8. The third kappa shape index (κ3) is 5.24. The molecule has 0 fully saturated rings. The summed E-state index contributed by atoms with van der Waals surface area (Å²) in [5.74, 6) is -0.413. The van der Waals surface area contributed by atoms with E-state index < -0.39 is 15.9 Å². The van der Waals surface area contributed by atoms with Crippen molar-refractivity contribution in [1.29, 1.82) is 0 Å². The topological polar surface area (TPSA) is 78.8 Å². The largest absolute Gasteiger partial charge is 0.271 e. The van der Waals surface area contributed by atoms with Crippen molar-refractivity contribution in [2.75, 3.05) is 13.1 Å². The molecule has 0 aliphatic carbocycles. The molecule has 0 saturated carbocycles. The number of amides is 1. The van der Waals surface area contributed by atoms with Crippen molar-refractivity contribution in [2.24, 2.45) is 5.10 Å². The molecule has 7 heteroatoms. The van der Waals surface area contributed by atoms with Crippen LogP contribution in [0.15, 0.2) is 64.6 Å². The predicted octanol–water partition coefficient (Wildman–Crippen LogP) is 3.24. The fourth-order valence-corrected chi connectivity index (χ4v) is 4.13. The van der Waals surface area contributed by atoms with Crippen LogP contribution in [0.1, 0.15) is 42.6 Å². The molecule has 0 aliphatic rings. The number of rotatable bonds is 8. The molecule has 0 heterocycles. The lowest BCUT2D eigenvalue weighted by molar-refractivity contribution is 0.0955. The number of benzene rings is 2. The zero-order valence-electron chi connectivity index (χ0n) is 15.8. The number of nitrogens with zero attached hydrogens (tertiary/aromatic N) is 2. The Morgan fingerprint density at radius 3 is 2.41 bits per heavy atom. The summed E-state index contributed by atoms with van der Waals surface area (Å²) in [5.41, 5.74) is 3.79. The number of sulfonamides is 1. The van der Waals surface area contributed by atoms with Crippen LogP contribution < -0.4 is 5.43 Å². The molecular weight excluding hydrogens is 362 g/mol. The van der Waals surface area contributed by atoms with Gasteiger partial charge in [0.1, 0.15) is 0 Å². The molecule has 1 amide bonds. The van der Waals surface area contributed by atoms with Gasteiger partial charge in [-0.2, -0.15) is 9.41 Å². The van der Waals surface area contributed by atoms with Crippen LogP contribution in [0, 0.1) is 0 Å². The van der Waals surface area contributed by atoms with E-state index in [9.17, 15) is 13.2 Å². The molecule has 2 aromatic carbocycles. The summed E-state index contributed by atoms with van der Waals surface area (Å²) in [4.78, 5) is 12.4. The summed E-state index contributed by atoms with van der Waals surface area (Å²) in [6.45, 7) is 6.27. The Balaban J connectivity index is 2.10. The SMILES string of the molecule is CCN(CC)S(=O)(=O)c1cccc(C(=O)N/N=C\[C@@H](C)c2ccccc2)c1. The Hall–Kier alpha value is -2.51. The van der Waals surface area contributed by atoms with E-state index in [0.29, 0.717) is 13.1 Å².